The molecule has 40 heavy (non-hydrogen) atoms. The molecule has 2 fully saturated rings. The van der Waals surface area contributed by atoms with Gasteiger partial charge in [-0.3, -0.25) is 9.69 Å². The monoisotopic (exact) mass is 545 g/mol. The summed E-state index contributed by atoms with van der Waals surface area (Å²) in [6.07, 6.45) is 0.142. The number of aromatic nitrogens is 1. The molecular formula is C32H36FN3O4. The second-order valence-corrected chi connectivity index (χ2v) is 12.4. The molecule has 3 heterocycles. The summed E-state index contributed by atoms with van der Waals surface area (Å²) in [5.74, 6) is 1.15. The topological polar surface area (TPSA) is 78.9 Å². The lowest BCUT2D eigenvalue weighted by Crippen LogP contribution is -2.59. The summed E-state index contributed by atoms with van der Waals surface area (Å²) in [4.78, 5) is 28.3. The highest BCUT2D eigenvalue weighted by Gasteiger charge is 2.40. The van der Waals surface area contributed by atoms with Crippen molar-refractivity contribution in [1.82, 2.24) is 14.4 Å². The van der Waals surface area contributed by atoms with E-state index in [0.29, 0.717) is 17.1 Å². The SMILES string of the molecule is Cc1c(-c2cc3ccccc3n2CC2CC2)oc2cc(C(=O)N3C[C@H](F)C[C@@H](N(C(=O)O)C(C)(C)C)C3)ccc12. The van der Waals surface area contributed by atoms with E-state index in [1.807, 2.05) is 19.1 Å². The minimum atomic E-state index is -1.30. The smallest absolute Gasteiger partial charge is 0.408 e. The Kier molecular flexibility index (Phi) is 6.39. The predicted molar refractivity (Wildman–Crippen MR) is 153 cm³/mol. The molecule has 8 heteroatoms. The van der Waals surface area contributed by atoms with E-state index in [4.69, 9.17) is 4.42 Å². The van der Waals surface area contributed by atoms with Crippen molar-refractivity contribution in [3.05, 3.63) is 59.7 Å². The van der Waals surface area contributed by atoms with Crippen molar-refractivity contribution >= 4 is 33.9 Å². The minimum absolute atomic E-state index is 0.0608. The molecule has 2 atom stereocenters. The molecule has 7 nitrogen and oxygen atoms in total. The van der Waals surface area contributed by atoms with Crippen LogP contribution in [0.3, 0.4) is 0 Å². The lowest BCUT2D eigenvalue weighted by molar-refractivity contribution is 0.0126. The van der Waals surface area contributed by atoms with E-state index in [1.165, 1.54) is 33.5 Å². The van der Waals surface area contributed by atoms with Gasteiger partial charge in [0, 0.05) is 52.5 Å². The van der Waals surface area contributed by atoms with Gasteiger partial charge in [0.05, 0.1) is 18.3 Å². The second kappa shape index (κ2) is 9.68. The normalized spacial score (nSPS) is 19.9. The van der Waals surface area contributed by atoms with Gasteiger partial charge in [-0.25, -0.2) is 9.18 Å². The van der Waals surface area contributed by atoms with E-state index < -0.39 is 23.8 Å². The number of furan rings is 1. The van der Waals surface area contributed by atoms with Crippen molar-refractivity contribution in [2.75, 3.05) is 13.1 Å². The van der Waals surface area contributed by atoms with Gasteiger partial charge in [0.1, 0.15) is 11.8 Å². The fraction of sp³-hybridized carbons (Fsp3) is 0.438. The number of aryl methyl sites for hydroxylation is 1. The maximum atomic E-state index is 14.9. The largest absolute Gasteiger partial charge is 0.465 e. The van der Waals surface area contributed by atoms with Crippen LogP contribution in [0.2, 0.25) is 0 Å². The Morgan fingerprint density at radius 2 is 1.85 bits per heavy atom. The molecule has 0 radical (unpaired) electrons. The summed E-state index contributed by atoms with van der Waals surface area (Å²) < 4.78 is 23.6. The van der Waals surface area contributed by atoms with Crippen LogP contribution in [0, 0.1) is 12.8 Å². The third kappa shape index (κ3) is 4.73. The lowest BCUT2D eigenvalue weighted by atomic mass is 9.96. The fourth-order valence-electron chi connectivity index (χ4n) is 6.30. The number of hydrogen-bond donors (Lipinski definition) is 1. The number of carbonyl (C=O) groups is 2. The van der Waals surface area contributed by atoms with Crippen LogP contribution in [0.15, 0.2) is 52.9 Å². The maximum Gasteiger partial charge on any atom is 0.408 e. The van der Waals surface area contributed by atoms with Crippen molar-refractivity contribution in [2.45, 2.75) is 71.3 Å². The standard InChI is InChI=1S/C32H36FN3O4/c1-19-25-12-11-22(30(37)34-17-23(33)15-24(18-34)36(31(38)39)32(2,3)4)14-28(25)40-29(19)27-13-21-7-5-6-8-26(21)35(27)16-20-9-10-20/h5-8,11-14,20,23-24H,9-10,15-18H2,1-4H3,(H,38,39)/t23-,24-/m1/s1. The van der Waals surface area contributed by atoms with E-state index in [0.717, 1.165) is 28.9 Å². The van der Waals surface area contributed by atoms with Crippen molar-refractivity contribution in [1.29, 1.82) is 0 Å². The van der Waals surface area contributed by atoms with Gasteiger partial charge in [0.25, 0.3) is 5.91 Å². The average Bonchev–Trinajstić information content (AvgIpc) is 3.56. The van der Waals surface area contributed by atoms with E-state index in [9.17, 15) is 19.1 Å². The molecule has 2 aromatic carbocycles. The van der Waals surface area contributed by atoms with Gasteiger partial charge in [0.2, 0.25) is 0 Å². The summed E-state index contributed by atoms with van der Waals surface area (Å²) >= 11 is 0. The van der Waals surface area contributed by atoms with Crippen LogP contribution in [-0.2, 0) is 6.54 Å². The van der Waals surface area contributed by atoms with Gasteiger partial charge >= 0.3 is 6.09 Å². The Labute approximate surface area is 233 Å². The molecule has 6 rings (SSSR count). The Balaban J connectivity index is 1.33. The first kappa shape index (κ1) is 26.4. The van der Waals surface area contributed by atoms with E-state index in [-0.39, 0.29) is 25.4 Å². The van der Waals surface area contributed by atoms with Crippen LogP contribution >= 0.6 is 0 Å². The number of alkyl halides is 1. The number of rotatable bonds is 5. The van der Waals surface area contributed by atoms with Crippen molar-refractivity contribution in [3.8, 4) is 11.5 Å². The van der Waals surface area contributed by atoms with Gasteiger partial charge in [-0.15, -0.1) is 0 Å². The van der Waals surface area contributed by atoms with Crippen LogP contribution < -0.4 is 0 Å². The summed E-state index contributed by atoms with van der Waals surface area (Å²) in [5, 5.41) is 11.9. The van der Waals surface area contributed by atoms with Crippen molar-refractivity contribution in [2.24, 2.45) is 5.92 Å². The number of fused-ring (bicyclic) bond motifs is 2. The Morgan fingerprint density at radius 1 is 1.10 bits per heavy atom. The maximum absolute atomic E-state index is 14.9. The van der Waals surface area contributed by atoms with E-state index >= 15 is 0 Å². The molecule has 1 N–H and O–H groups in total. The number of halogens is 1. The van der Waals surface area contributed by atoms with E-state index in [2.05, 4.69) is 28.8 Å². The lowest BCUT2D eigenvalue weighted by Gasteiger charge is -2.45. The van der Waals surface area contributed by atoms with Crippen molar-refractivity contribution < 1.29 is 23.5 Å². The van der Waals surface area contributed by atoms with Gasteiger partial charge < -0.3 is 19.0 Å². The van der Waals surface area contributed by atoms with Gasteiger partial charge in [-0.2, -0.15) is 0 Å². The summed E-state index contributed by atoms with van der Waals surface area (Å²) in [6.45, 7) is 8.42. The quantitative estimate of drug-likeness (QED) is 0.290. The highest BCUT2D eigenvalue weighted by Crippen LogP contribution is 2.39. The molecule has 1 saturated heterocycles. The van der Waals surface area contributed by atoms with Crippen LogP contribution in [0.5, 0.6) is 0 Å². The molecule has 2 amide bonds. The Morgan fingerprint density at radius 3 is 2.55 bits per heavy atom. The highest BCUT2D eigenvalue weighted by atomic mass is 19.1. The molecule has 210 valence electrons. The second-order valence-electron chi connectivity index (χ2n) is 12.4. The molecule has 0 unspecified atom stereocenters. The number of likely N-dealkylation sites (tertiary alicyclic amines) is 1. The summed E-state index contributed by atoms with van der Waals surface area (Å²) in [5.41, 5.74) is 3.52. The molecule has 2 aliphatic rings. The molecule has 4 aromatic rings. The van der Waals surface area contributed by atoms with E-state index in [1.54, 1.807) is 32.9 Å². The molecule has 1 aliphatic heterocycles. The van der Waals surface area contributed by atoms with Gasteiger partial charge in [0.15, 0.2) is 5.76 Å². The van der Waals surface area contributed by atoms with Gasteiger partial charge in [-0.05, 0) is 70.7 Å². The molecular weight excluding hydrogens is 509 g/mol. The first-order valence-corrected chi connectivity index (χ1v) is 14.1. The zero-order valence-corrected chi connectivity index (χ0v) is 23.5. The van der Waals surface area contributed by atoms with Crippen LogP contribution in [0.4, 0.5) is 9.18 Å². The summed E-state index contributed by atoms with van der Waals surface area (Å²) in [6, 6.07) is 15.3. The zero-order chi connectivity index (χ0) is 28.3. The molecule has 2 aromatic heterocycles. The number of benzene rings is 2. The van der Waals surface area contributed by atoms with Crippen LogP contribution in [0.25, 0.3) is 33.3 Å². The number of carbonyl (C=O) groups excluding carboxylic acids is 1. The predicted octanol–water partition coefficient (Wildman–Crippen LogP) is 7.10. The average molecular weight is 546 g/mol. The number of hydrogen-bond acceptors (Lipinski definition) is 3. The van der Waals surface area contributed by atoms with Crippen molar-refractivity contribution in [3.63, 3.8) is 0 Å². The number of nitrogens with zero attached hydrogens (tertiary/aromatic N) is 3. The number of carboxylic acid groups (broad SMARTS) is 1. The molecule has 1 aliphatic carbocycles. The Hall–Kier alpha value is -3.81. The fourth-order valence-corrected chi connectivity index (χ4v) is 6.30. The number of piperidine rings is 1. The minimum Gasteiger partial charge on any atom is -0.465 e. The van der Waals surface area contributed by atoms with Crippen LogP contribution in [-0.4, -0.2) is 62.3 Å². The number of amides is 2. The molecule has 0 bridgehead atoms. The highest BCUT2D eigenvalue weighted by molar-refractivity contribution is 5.99. The number of para-hydroxylation sites is 1. The first-order valence-electron chi connectivity index (χ1n) is 14.1. The zero-order valence-electron chi connectivity index (χ0n) is 23.5. The summed E-state index contributed by atoms with van der Waals surface area (Å²) in [7, 11) is 0. The third-order valence-corrected chi connectivity index (χ3v) is 8.32. The van der Waals surface area contributed by atoms with Crippen LogP contribution in [0.1, 0.15) is 56.0 Å². The molecule has 1 saturated carbocycles. The molecule has 0 spiro atoms. The van der Waals surface area contributed by atoms with Gasteiger partial charge in [-0.1, -0.05) is 24.3 Å². The third-order valence-electron chi connectivity index (χ3n) is 8.32. The first-order chi connectivity index (χ1) is 19.0. The Bertz CT molecular complexity index is 1610.